The molecule has 4 nitrogen and oxygen atoms in total. The Labute approximate surface area is 69.3 Å². The van der Waals surface area contributed by atoms with E-state index < -0.39 is 25.6 Å². The average Bonchev–Trinajstić information content (AvgIpc) is 1.80. The van der Waals surface area contributed by atoms with Crippen LogP contribution in [0.15, 0.2) is 0 Å². The van der Waals surface area contributed by atoms with Gasteiger partial charge in [-0.3, -0.25) is 0 Å². The number of halogens is 4. The van der Waals surface area contributed by atoms with E-state index in [-0.39, 0.29) is 0 Å². The molecule has 1 aliphatic heterocycles. The van der Waals surface area contributed by atoms with Crippen LogP contribution in [0.3, 0.4) is 0 Å². The Morgan fingerprint density at radius 1 is 1.15 bits per heavy atom. The third-order valence-corrected chi connectivity index (χ3v) is 2.11. The molecule has 0 atom stereocenters. The van der Waals surface area contributed by atoms with Crippen molar-refractivity contribution in [1.82, 2.24) is 0 Å². The second-order valence-electron chi connectivity index (χ2n) is 2.44. The van der Waals surface area contributed by atoms with Crippen LogP contribution in [-0.4, -0.2) is 17.6 Å². The van der Waals surface area contributed by atoms with E-state index in [9.17, 15) is 26.6 Å². The van der Waals surface area contributed by atoms with E-state index in [0.29, 0.717) is 6.92 Å². The van der Waals surface area contributed by atoms with Crippen LogP contribution < -0.4 is 0 Å². The van der Waals surface area contributed by atoms with Gasteiger partial charge in [0.2, 0.25) is 0 Å². The van der Waals surface area contributed by atoms with E-state index in [0.717, 1.165) is 0 Å². The molecule has 0 aromatic rings. The average molecular weight is 222 g/mol. The fourth-order valence-corrected chi connectivity index (χ4v) is 1.42. The molecule has 9 heteroatoms. The number of hydrogen-bond acceptors (Lipinski definition) is 4. The van der Waals surface area contributed by atoms with Crippen molar-refractivity contribution in [1.29, 1.82) is 0 Å². The number of rotatable bonds is 0. The Bertz CT molecular complexity index is 268. The molecule has 0 radical (unpaired) electrons. The number of carbonyl (C=O) groups is 2. The summed E-state index contributed by atoms with van der Waals surface area (Å²) in [6.45, 7) is 0.337. The van der Waals surface area contributed by atoms with Gasteiger partial charge in [-0.1, -0.05) is 0 Å². The van der Waals surface area contributed by atoms with Crippen molar-refractivity contribution in [2.24, 2.45) is 0 Å². The third-order valence-electron chi connectivity index (χ3n) is 1.21. The molecular weight excluding hydrogens is 219 g/mol. The Morgan fingerprint density at radius 2 is 1.46 bits per heavy atom. The Hall–Kier alpha value is -0.910. The summed E-state index contributed by atoms with van der Waals surface area (Å²) >= 11 is 0. The van der Waals surface area contributed by atoms with Crippen molar-refractivity contribution in [2.75, 3.05) is 0 Å². The van der Waals surface area contributed by atoms with E-state index in [1.807, 2.05) is 0 Å². The normalized spacial score (nSPS) is 39.6. The van der Waals surface area contributed by atoms with Crippen LogP contribution in [-0.2, 0) is 18.6 Å². The minimum atomic E-state index is -7.71. The maximum atomic E-state index is 12.7. The fraction of sp³-hybridized carbons (Fsp3) is 0.500. The molecule has 1 heterocycles. The molecule has 0 bridgehead atoms. The van der Waals surface area contributed by atoms with Gasteiger partial charge in [-0.2, -0.15) is 0 Å². The molecule has 0 aromatic heterocycles. The van der Waals surface area contributed by atoms with Crippen molar-refractivity contribution in [3.63, 3.8) is 0 Å². The van der Waals surface area contributed by atoms with Gasteiger partial charge in [-0.25, -0.2) is 0 Å². The zero-order valence-electron chi connectivity index (χ0n) is 6.09. The molecule has 13 heavy (non-hydrogen) atoms. The molecule has 0 aromatic carbocycles. The van der Waals surface area contributed by atoms with Crippen LogP contribution >= 0.6 is 7.99 Å². The van der Waals surface area contributed by atoms with Gasteiger partial charge in [-0.15, -0.1) is 0 Å². The topological polar surface area (TPSA) is 52.6 Å². The minimum absolute atomic E-state index is 0.337. The van der Waals surface area contributed by atoms with Crippen molar-refractivity contribution in [3.8, 4) is 0 Å². The first-order valence-electron chi connectivity index (χ1n) is 2.88. The SMILES string of the molecule is CC1(F)C(=O)OP(F)(F)(F)OC1=O. The van der Waals surface area contributed by atoms with Crippen LogP contribution in [0.5, 0.6) is 0 Å². The zero-order valence-corrected chi connectivity index (χ0v) is 6.99. The molecule has 0 aliphatic carbocycles. The first-order chi connectivity index (χ1) is 5.52. The van der Waals surface area contributed by atoms with Crippen LogP contribution in [0.25, 0.3) is 0 Å². The van der Waals surface area contributed by atoms with Crippen LogP contribution in [0, 0.1) is 0 Å². The molecule has 1 aliphatic rings. The Kier molecular flexibility index (Phi) is 1.66. The maximum absolute atomic E-state index is 12.7. The summed E-state index contributed by atoms with van der Waals surface area (Å²) in [6.07, 6.45) is 0. The molecule has 0 unspecified atom stereocenters. The molecular formula is C4H3F4O4P. The summed E-state index contributed by atoms with van der Waals surface area (Å²) < 4.78 is 54.8. The van der Waals surface area contributed by atoms with Gasteiger partial charge in [0.05, 0.1) is 0 Å². The van der Waals surface area contributed by atoms with E-state index >= 15 is 0 Å². The zero-order chi connectivity index (χ0) is 10.5. The fourth-order valence-electron chi connectivity index (χ4n) is 0.529. The van der Waals surface area contributed by atoms with Gasteiger partial charge in [-0.05, 0) is 0 Å². The summed E-state index contributed by atoms with van der Waals surface area (Å²) in [7, 11) is -7.71. The third kappa shape index (κ3) is 1.72. The molecule has 0 N–H and O–H groups in total. The monoisotopic (exact) mass is 222 g/mol. The van der Waals surface area contributed by atoms with Crippen molar-refractivity contribution < 1.29 is 35.6 Å². The van der Waals surface area contributed by atoms with Crippen molar-refractivity contribution in [3.05, 3.63) is 0 Å². The molecule has 76 valence electrons. The van der Waals surface area contributed by atoms with Gasteiger partial charge in [0.25, 0.3) is 0 Å². The number of alkyl halides is 1. The summed E-state index contributed by atoms with van der Waals surface area (Å²) in [5.74, 6) is -4.57. The molecule has 0 saturated carbocycles. The summed E-state index contributed by atoms with van der Waals surface area (Å²) in [6, 6.07) is 0. The van der Waals surface area contributed by atoms with Gasteiger partial charge < -0.3 is 0 Å². The molecule has 0 amide bonds. The van der Waals surface area contributed by atoms with E-state index in [4.69, 9.17) is 0 Å². The standard InChI is InChI=1S/C4H3F4O4P/c1-4(5)2(9)11-13(6,7,8)12-3(4)10/h1H3. The predicted molar refractivity (Wildman–Crippen MR) is 31.9 cm³/mol. The van der Waals surface area contributed by atoms with Crippen LogP contribution in [0.4, 0.5) is 17.0 Å². The van der Waals surface area contributed by atoms with Gasteiger partial charge in [0.15, 0.2) is 0 Å². The van der Waals surface area contributed by atoms with Gasteiger partial charge in [0.1, 0.15) is 0 Å². The first-order valence-corrected chi connectivity index (χ1v) is 4.62. The Balaban J connectivity index is 3.07. The quantitative estimate of drug-likeness (QED) is 0.356. The summed E-state index contributed by atoms with van der Waals surface area (Å²) in [5.41, 5.74) is -3.38. The predicted octanol–water partition coefficient (Wildman–Crippen LogP) is 1.85. The van der Waals surface area contributed by atoms with Gasteiger partial charge in [0, 0.05) is 0 Å². The number of hydrogen-bond donors (Lipinski definition) is 0. The second kappa shape index (κ2) is 2.12. The summed E-state index contributed by atoms with van der Waals surface area (Å²) in [4.78, 5) is 20.7. The van der Waals surface area contributed by atoms with Gasteiger partial charge >= 0.3 is 68.1 Å². The van der Waals surface area contributed by atoms with E-state index in [2.05, 4.69) is 9.05 Å². The van der Waals surface area contributed by atoms with E-state index in [1.54, 1.807) is 0 Å². The second-order valence-corrected chi connectivity index (χ2v) is 4.17. The molecule has 1 saturated heterocycles. The molecule has 0 spiro atoms. The molecule has 1 fully saturated rings. The molecule has 1 rings (SSSR count). The van der Waals surface area contributed by atoms with Crippen LogP contribution in [0.1, 0.15) is 6.92 Å². The Morgan fingerprint density at radius 3 is 1.77 bits per heavy atom. The van der Waals surface area contributed by atoms with Crippen molar-refractivity contribution >= 4 is 19.9 Å². The van der Waals surface area contributed by atoms with E-state index in [1.165, 1.54) is 0 Å². The first kappa shape index (κ1) is 10.2. The van der Waals surface area contributed by atoms with Crippen molar-refractivity contribution in [2.45, 2.75) is 12.6 Å². The number of carbonyl (C=O) groups excluding carboxylic acids is 2. The summed E-state index contributed by atoms with van der Waals surface area (Å²) in [5, 5.41) is 0. The van der Waals surface area contributed by atoms with Crippen LogP contribution in [0.2, 0.25) is 0 Å².